The van der Waals surface area contributed by atoms with Crippen LogP contribution in [0.5, 0.6) is 5.75 Å². The van der Waals surface area contributed by atoms with E-state index in [1.807, 2.05) is 32.0 Å². The molecule has 3 N–H and O–H groups in total. The molecule has 18 heavy (non-hydrogen) atoms. The highest BCUT2D eigenvalue weighted by Crippen LogP contribution is 2.32. The number of rotatable bonds is 3. The Morgan fingerprint density at radius 3 is 2.94 bits per heavy atom. The largest absolute Gasteiger partial charge is 0.490 e. The van der Waals surface area contributed by atoms with Gasteiger partial charge in [-0.3, -0.25) is 4.79 Å². The zero-order valence-corrected chi connectivity index (χ0v) is 11.0. The summed E-state index contributed by atoms with van der Waals surface area (Å²) in [7, 11) is 0. The minimum atomic E-state index is -0.504. The molecule has 1 heterocycles. The van der Waals surface area contributed by atoms with E-state index in [1.54, 1.807) is 0 Å². The number of aryl methyl sites for hydroxylation is 1. The summed E-state index contributed by atoms with van der Waals surface area (Å²) < 4.78 is 5.69. The average molecular weight is 248 g/mol. The fraction of sp³-hybridized carbons (Fsp3) is 0.500. The molecule has 1 aliphatic heterocycles. The third-order valence-electron chi connectivity index (χ3n) is 3.16. The van der Waals surface area contributed by atoms with Crippen LogP contribution in [-0.2, 0) is 11.2 Å². The number of fused-ring (bicyclic) bond motifs is 1. The first-order chi connectivity index (χ1) is 8.53. The van der Waals surface area contributed by atoms with Crippen molar-refractivity contribution in [3.63, 3.8) is 0 Å². The second-order valence-electron chi connectivity index (χ2n) is 5.35. The van der Waals surface area contributed by atoms with Crippen LogP contribution in [0.4, 0.5) is 5.69 Å². The molecule has 4 nitrogen and oxygen atoms in total. The van der Waals surface area contributed by atoms with Crippen LogP contribution in [-0.4, -0.2) is 19.1 Å². The third kappa shape index (κ3) is 2.64. The van der Waals surface area contributed by atoms with Gasteiger partial charge in [-0.15, -0.1) is 0 Å². The summed E-state index contributed by atoms with van der Waals surface area (Å²) in [4.78, 5) is 12.0. The lowest BCUT2D eigenvalue weighted by Gasteiger charge is -2.18. The second-order valence-corrected chi connectivity index (χ2v) is 5.35. The summed E-state index contributed by atoms with van der Waals surface area (Å²) in [6.07, 6.45) is 1.86. The molecule has 1 aliphatic rings. The smallest absolute Gasteiger partial charge is 0.233 e. The summed E-state index contributed by atoms with van der Waals surface area (Å²) in [5.41, 5.74) is 6.93. The monoisotopic (exact) mass is 248 g/mol. The highest BCUT2D eigenvalue weighted by Gasteiger charge is 2.32. The summed E-state index contributed by atoms with van der Waals surface area (Å²) in [5, 5.41) is 2.93. The lowest BCUT2D eigenvalue weighted by atomic mass is 9.94. The Morgan fingerprint density at radius 1 is 1.44 bits per heavy atom. The van der Waals surface area contributed by atoms with Gasteiger partial charge in [0.1, 0.15) is 12.4 Å². The van der Waals surface area contributed by atoms with Crippen LogP contribution in [0.2, 0.25) is 0 Å². The van der Waals surface area contributed by atoms with E-state index in [2.05, 4.69) is 5.32 Å². The van der Waals surface area contributed by atoms with Crippen molar-refractivity contribution in [2.24, 2.45) is 11.1 Å². The Labute approximate surface area is 108 Å². The fourth-order valence-electron chi connectivity index (χ4n) is 1.88. The first-order valence-corrected chi connectivity index (χ1v) is 6.30. The molecule has 1 aromatic carbocycles. The van der Waals surface area contributed by atoms with Crippen molar-refractivity contribution in [2.45, 2.75) is 26.7 Å². The number of nitrogens with two attached hydrogens (primary N) is 1. The molecule has 0 spiro atoms. The van der Waals surface area contributed by atoms with Gasteiger partial charge in [0.2, 0.25) is 5.91 Å². The Hall–Kier alpha value is -1.55. The Morgan fingerprint density at radius 2 is 2.22 bits per heavy atom. The number of carbonyl (C=O) groups excluding carboxylic acids is 1. The second kappa shape index (κ2) is 4.98. The third-order valence-corrected chi connectivity index (χ3v) is 3.16. The van der Waals surface area contributed by atoms with Crippen LogP contribution >= 0.6 is 0 Å². The molecule has 0 fully saturated rings. The molecule has 2 rings (SSSR count). The summed E-state index contributed by atoms with van der Waals surface area (Å²) in [5.74, 6) is 0.739. The van der Waals surface area contributed by atoms with E-state index >= 15 is 0 Å². The summed E-state index contributed by atoms with van der Waals surface area (Å²) in [6.45, 7) is 4.83. The predicted molar refractivity (Wildman–Crippen MR) is 71.7 cm³/mol. The highest BCUT2D eigenvalue weighted by atomic mass is 16.5. The van der Waals surface area contributed by atoms with Crippen LogP contribution < -0.4 is 15.8 Å². The van der Waals surface area contributed by atoms with E-state index in [-0.39, 0.29) is 5.91 Å². The summed E-state index contributed by atoms with van der Waals surface area (Å²) >= 11 is 0. The molecule has 1 aromatic rings. The van der Waals surface area contributed by atoms with Gasteiger partial charge in [0.05, 0.1) is 11.1 Å². The Kier molecular flexibility index (Phi) is 3.57. The van der Waals surface area contributed by atoms with Gasteiger partial charge in [-0.1, -0.05) is 6.07 Å². The van der Waals surface area contributed by atoms with Crippen molar-refractivity contribution >= 4 is 11.6 Å². The number of nitrogens with one attached hydrogen (secondary N) is 1. The maximum absolute atomic E-state index is 12.0. The summed E-state index contributed by atoms with van der Waals surface area (Å²) in [6, 6.07) is 5.92. The molecular formula is C14H20N2O2. The zero-order valence-electron chi connectivity index (χ0n) is 11.0. The van der Waals surface area contributed by atoms with Crippen LogP contribution in [0.3, 0.4) is 0 Å². The molecule has 0 aliphatic carbocycles. The van der Waals surface area contributed by atoms with Crippen molar-refractivity contribution in [3.05, 3.63) is 23.8 Å². The first-order valence-electron chi connectivity index (χ1n) is 6.30. The van der Waals surface area contributed by atoms with E-state index in [0.717, 1.165) is 24.3 Å². The zero-order chi connectivity index (χ0) is 13.2. The van der Waals surface area contributed by atoms with Gasteiger partial charge in [-0.25, -0.2) is 0 Å². The normalized spacial score (nSPS) is 17.4. The molecule has 98 valence electrons. The SMILES string of the molecule is CC1(C)COc2ccc(CCCN)cc2NC1=O. The van der Waals surface area contributed by atoms with Gasteiger partial charge in [0.25, 0.3) is 0 Å². The molecule has 0 unspecified atom stereocenters. The van der Waals surface area contributed by atoms with Gasteiger partial charge in [0, 0.05) is 0 Å². The first kappa shape index (κ1) is 12.9. The van der Waals surface area contributed by atoms with Gasteiger partial charge in [-0.2, -0.15) is 0 Å². The van der Waals surface area contributed by atoms with E-state index in [0.29, 0.717) is 13.2 Å². The lowest BCUT2D eigenvalue weighted by molar-refractivity contribution is -0.124. The van der Waals surface area contributed by atoms with E-state index in [9.17, 15) is 4.79 Å². The highest BCUT2D eigenvalue weighted by molar-refractivity contribution is 5.97. The number of amides is 1. The van der Waals surface area contributed by atoms with Gasteiger partial charge < -0.3 is 15.8 Å². The van der Waals surface area contributed by atoms with Gasteiger partial charge in [0.15, 0.2) is 0 Å². The number of ether oxygens (including phenoxy) is 1. The number of benzene rings is 1. The van der Waals surface area contributed by atoms with Crippen LogP contribution in [0, 0.1) is 5.41 Å². The number of hydrogen-bond acceptors (Lipinski definition) is 3. The molecular weight excluding hydrogens is 228 g/mol. The molecule has 1 amide bonds. The van der Waals surface area contributed by atoms with Crippen molar-refractivity contribution in [1.29, 1.82) is 0 Å². The van der Waals surface area contributed by atoms with E-state index in [4.69, 9.17) is 10.5 Å². The minimum absolute atomic E-state index is 0.00257. The van der Waals surface area contributed by atoms with Crippen molar-refractivity contribution in [3.8, 4) is 5.75 Å². The Balaban J connectivity index is 2.23. The van der Waals surface area contributed by atoms with Crippen LogP contribution in [0.1, 0.15) is 25.8 Å². The molecule has 0 saturated heterocycles. The van der Waals surface area contributed by atoms with Gasteiger partial charge >= 0.3 is 0 Å². The van der Waals surface area contributed by atoms with Crippen molar-refractivity contribution < 1.29 is 9.53 Å². The van der Waals surface area contributed by atoms with E-state index < -0.39 is 5.41 Å². The number of carbonyl (C=O) groups is 1. The number of anilines is 1. The average Bonchev–Trinajstić information content (AvgIpc) is 2.45. The standard InChI is InChI=1S/C14H20N2O2/c1-14(2)9-18-12-6-5-10(4-3-7-15)8-11(12)16-13(14)17/h5-6,8H,3-4,7,9,15H2,1-2H3,(H,16,17). The number of hydrogen-bond donors (Lipinski definition) is 2. The quantitative estimate of drug-likeness (QED) is 0.859. The maximum Gasteiger partial charge on any atom is 0.233 e. The Bertz CT molecular complexity index is 455. The van der Waals surface area contributed by atoms with Crippen LogP contribution in [0.15, 0.2) is 18.2 Å². The molecule has 0 bridgehead atoms. The molecule has 0 aromatic heterocycles. The predicted octanol–water partition coefficient (Wildman–Crippen LogP) is 1.93. The van der Waals surface area contributed by atoms with E-state index in [1.165, 1.54) is 5.56 Å². The topological polar surface area (TPSA) is 64.3 Å². The van der Waals surface area contributed by atoms with Crippen molar-refractivity contribution in [2.75, 3.05) is 18.5 Å². The van der Waals surface area contributed by atoms with Gasteiger partial charge in [-0.05, 0) is 50.9 Å². The molecule has 4 heteroatoms. The molecule has 0 radical (unpaired) electrons. The maximum atomic E-state index is 12.0. The minimum Gasteiger partial charge on any atom is -0.490 e. The molecule has 0 atom stereocenters. The lowest BCUT2D eigenvalue weighted by Crippen LogP contribution is -2.33. The van der Waals surface area contributed by atoms with Crippen molar-refractivity contribution in [1.82, 2.24) is 0 Å². The molecule has 0 saturated carbocycles. The van der Waals surface area contributed by atoms with Crippen LogP contribution in [0.25, 0.3) is 0 Å². The fourth-order valence-corrected chi connectivity index (χ4v) is 1.88.